The van der Waals surface area contributed by atoms with E-state index < -0.39 is 0 Å². The molecule has 3 N–H and O–H groups in total. The van der Waals surface area contributed by atoms with Gasteiger partial charge in [-0.3, -0.25) is 0 Å². The van der Waals surface area contributed by atoms with Gasteiger partial charge in [-0.25, -0.2) is 4.98 Å². The Morgan fingerprint density at radius 2 is 2.27 bits per heavy atom. The predicted molar refractivity (Wildman–Crippen MR) is 64.8 cm³/mol. The van der Waals surface area contributed by atoms with Gasteiger partial charge >= 0.3 is 0 Å². The number of anilines is 1. The van der Waals surface area contributed by atoms with Gasteiger partial charge < -0.3 is 11.1 Å². The molecule has 0 fully saturated rings. The second-order valence-electron chi connectivity index (χ2n) is 4.17. The second kappa shape index (κ2) is 5.71. The number of aromatic nitrogens is 1. The van der Waals surface area contributed by atoms with Crippen LogP contribution in [0.1, 0.15) is 25.0 Å². The molecule has 0 spiro atoms. The van der Waals surface area contributed by atoms with E-state index in [2.05, 4.69) is 30.2 Å². The van der Waals surface area contributed by atoms with E-state index >= 15 is 0 Å². The summed E-state index contributed by atoms with van der Waals surface area (Å²) in [5.74, 6) is 1.26. The number of nitrogens with one attached hydrogen (secondary N) is 1. The lowest BCUT2D eigenvalue weighted by Crippen LogP contribution is -2.22. The molecule has 0 amide bonds. The molecule has 0 saturated heterocycles. The van der Waals surface area contributed by atoms with Gasteiger partial charge in [0, 0.05) is 6.20 Å². The summed E-state index contributed by atoms with van der Waals surface area (Å²) >= 11 is 0. The number of nitrogens with zero attached hydrogens (tertiary/aromatic N) is 1. The molecule has 0 radical (unpaired) electrons. The Balaban J connectivity index is 2.59. The Bertz CT molecular complexity index is 310. The van der Waals surface area contributed by atoms with Gasteiger partial charge in [-0.15, -0.1) is 0 Å². The van der Waals surface area contributed by atoms with E-state index in [0.717, 1.165) is 19.5 Å². The smallest absolute Gasteiger partial charge is 0.126 e. The quantitative estimate of drug-likeness (QED) is 0.773. The number of rotatable bonds is 5. The molecule has 0 saturated carbocycles. The summed E-state index contributed by atoms with van der Waals surface area (Å²) in [6, 6.07) is 2.13. The predicted octanol–water partition coefficient (Wildman–Crippen LogP) is 1.76. The average Bonchev–Trinajstić information content (AvgIpc) is 2.20. The van der Waals surface area contributed by atoms with Crippen molar-refractivity contribution in [1.29, 1.82) is 0 Å². The molecule has 1 rings (SSSR count). The van der Waals surface area contributed by atoms with Crippen molar-refractivity contribution in [3.63, 3.8) is 0 Å². The fourth-order valence-electron chi connectivity index (χ4n) is 1.64. The third kappa shape index (κ3) is 3.88. The summed E-state index contributed by atoms with van der Waals surface area (Å²) < 4.78 is 0. The van der Waals surface area contributed by atoms with E-state index in [0.29, 0.717) is 11.7 Å². The van der Waals surface area contributed by atoms with Crippen LogP contribution in [-0.2, 0) is 6.42 Å². The van der Waals surface area contributed by atoms with Crippen LogP contribution in [0.2, 0.25) is 0 Å². The maximum Gasteiger partial charge on any atom is 0.126 e. The van der Waals surface area contributed by atoms with Crippen LogP contribution >= 0.6 is 0 Å². The standard InChI is InChI=1S/C12H21N3/c1-4-14-7-9(2)5-11-6-10(3)8-15-12(11)13/h6,8-9,14H,4-5,7H2,1-3H3,(H2,13,15). The molecule has 0 aliphatic carbocycles. The molecule has 1 atom stereocenters. The maximum atomic E-state index is 5.83. The van der Waals surface area contributed by atoms with E-state index in [-0.39, 0.29) is 0 Å². The zero-order valence-corrected chi connectivity index (χ0v) is 9.88. The highest BCUT2D eigenvalue weighted by Gasteiger charge is 2.06. The van der Waals surface area contributed by atoms with E-state index in [4.69, 9.17) is 5.73 Å². The molecule has 3 nitrogen and oxygen atoms in total. The lowest BCUT2D eigenvalue weighted by molar-refractivity contribution is 0.521. The molecule has 0 aliphatic heterocycles. The van der Waals surface area contributed by atoms with E-state index in [1.165, 1.54) is 11.1 Å². The number of nitrogen functional groups attached to an aromatic ring is 1. The van der Waals surface area contributed by atoms with Crippen molar-refractivity contribution in [2.45, 2.75) is 27.2 Å². The Labute approximate surface area is 92.1 Å². The summed E-state index contributed by atoms with van der Waals surface area (Å²) in [6.07, 6.45) is 2.81. The Morgan fingerprint density at radius 1 is 1.53 bits per heavy atom. The summed E-state index contributed by atoms with van der Waals surface area (Å²) in [5.41, 5.74) is 8.18. The Kier molecular flexibility index (Phi) is 4.56. The van der Waals surface area contributed by atoms with Crippen LogP contribution in [0.15, 0.2) is 12.3 Å². The molecule has 1 aromatic rings. The number of pyridine rings is 1. The maximum absolute atomic E-state index is 5.83. The van der Waals surface area contributed by atoms with Gasteiger partial charge in [-0.1, -0.05) is 19.9 Å². The second-order valence-corrected chi connectivity index (χ2v) is 4.17. The van der Waals surface area contributed by atoms with Crippen molar-refractivity contribution >= 4 is 5.82 Å². The van der Waals surface area contributed by atoms with Gasteiger partial charge in [0.15, 0.2) is 0 Å². The molecule has 3 heteroatoms. The molecule has 0 aromatic carbocycles. The fraction of sp³-hybridized carbons (Fsp3) is 0.583. The van der Waals surface area contributed by atoms with Crippen LogP contribution in [-0.4, -0.2) is 18.1 Å². The topological polar surface area (TPSA) is 50.9 Å². The van der Waals surface area contributed by atoms with E-state index in [1.807, 2.05) is 13.1 Å². The minimum atomic E-state index is 0.593. The van der Waals surface area contributed by atoms with Crippen molar-refractivity contribution in [2.75, 3.05) is 18.8 Å². The number of hydrogen-bond donors (Lipinski definition) is 2. The lowest BCUT2D eigenvalue weighted by atomic mass is 10.0. The molecular formula is C12H21N3. The molecule has 15 heavy (non-hydrogen) atoms. The first-order valence-corrected chi connectivity index (χ1v) is 5.55. The number of aryl methyl sites for hydroxylation is 1. The van der Waals surface area contributed by atoms with Crippen molar-refractivity contribution in [3.8, 4) is 0 Å². The highest BCUT2D eigenvalue weighted by Crippen LogP contribution is 2.14. The highest BCUT2D eigenvalue weighted by molar-refractivity contribution is 5.40. The van der Waals surface area contributed by atoms with Gasteiger partial charge in [0.2, 0.25) is 0 Å². The van der Waals surface area contributed by atoms with Crippen LogP contribution in [0.5, 0.6) is 0 Å². The first-order chi connectivity index (χ1) is 7.13. The SMILES string of the molecule is CCNCC(C)Cc1cc(C)cnc1N. The third-order valence-corrected chi connectivity index (χ3v) is 2.45. The molecule has 0 aliphatic rings. The molecule has 1 heterocycles. The van der Waals surface area contributed by atoms with E-state index in [1.54, 1.807) is 0 Å². The molecule has 84 valence electrons. The van der Waals surface area contributed by atoms with Crippen molar-refractivity contribution < 1.29 is 0 Å². The number of hydrogen-bond acceptors (Lipinski definition) is 3. The van der Waals surface area contributed by atoms with Crippen LogP contribution in [0.4, 0.5) is 5.82 Å². The molecule has 1 aromatic heterocycles. The van der Waals surface area contributed by atoms with Crippen molar-refractivity contribution in [2.24, 2.45) is 5.92 Å². The van der Waals surface area contributed by atoms with Crippen molar-refractivity contribution in [3.05, 3.63) is 23.4 Å². The zero-order valence-electron chi connectivity index (χ0n) is 9.88. The van der Waals surface area contributed by atoms with Crippen LogP contribution < -0.4 is 11.1 Å². The Hall–Kier alpha value is -1.09. The lowest BCUT2D eigenvalue weighted by Gasteiger charge is -2.13. The van der Waals surface area contributed by atoms with Gasteiger partial charge in [-0.05, 0) is 43.5 Å². The molecular weight excluding hydrogens is 186 g/mol. The van der Waals surface area contributed by atoms with Crippen molar-refractivity contribution in [1.82, 2.24) is 10.3 Å². The largest absolute Gasteiger partial charge is 0.383 e. The molecule has 0 bridgehead atoms. The summed E-state index contributed by atoms with van der Waals surface area (Å²) in [5, 5.41) is 3.34. The molecule has 1 unspecified atom stereocenters. The van der Waals surface area contributed by atoms with Crippen LogP contribution in [0, 0.1) is 12.8 Å². The summed E-state index contributed by atoms with van der Waals surface area (Å²) in [6.45, 7) is 8.44. The van der Waals surface area contributed by atoms with Crippen LogP contribution in [0.25, 0.3) is 0 Å². The highest BCUT2D eigenvalue weighted by atomic mass is 14.8. The third-order valence-electron chi connectivity index (χ3n) is 2.45. The summed E-state index contributed by atoms with van der Waals surface area (Å²) in [4.78, 5) is 4.17. The normalized spacial score (nSPS) is 12.7. The monoisotopic (exact) mass is 207 g/mol. The first kappa shape index (κ1) is 12.0. The first-order valence-electron chi connectivity index (χ1n) is 5.55. The minimum Gasteiger partial charge on any atom is -0.383 e. The zero-order chi connectivity index (χ0) is 11.3. The summed E-state index contributed by atoms with van der Waals surface area (Å²) in [7, 11) is 0. The number of nitrogens with two attached hydrogens (primary N) is 1. The van der Waals surface area contributed by atoms with Crippen LogP contribution in [0.3, 0.4) is 0 Å². The van der Waals surface area contributed by atoms with Gasteiger partial charge in [0.1, 0.15) is 5.82 Å². The van der Waals surface area contributed by atoms with Gasteiger partial charge in [0.25, 0.3) is 0 Å². The fourth-order valence-corrected chi connectivity index (χ4v) is 1.64. The average molecular weight is 207 g/mol. The van der Waals surface area contributed by atoms with Gasteiger partial charge in [0.05, 0.1) is 0 Å². The minimum absolute atomic E-state index is 0.593. The van der Waals surface area contributed by atoms with Gasteiger partial charge in [-0.2, -0.15) is 0 Å². The Morgan fingerprint density at radius 3 is 2.93 bits per heavy atom. The van der Waals surface area contributed by atoms with E-state index in [9.17, 15) is 0 Å².